The molecule has 0 fully saturated rings. The van der Waals surface area contributed by atoms with Gasteiger partial charge in [-0.05, 0) is 37.3 Å². The maximum atomic E-state index is 13.1. The molecule has 3 rings (SSSR count). The largest absolute Gasteiger partial charge is 0.348 e. The number of non-ortho nitro benzene ring substituents is 1. The van der Waals surface area contributed by atoms with Crippen molar-refractivity contribution in [3.05, 3.63) is 76.1 Å². The number of benzene rings is 2. The summed E-state index contributed by atoms with van der Waals surface area (Å²) in [5, 5.41) is 17.4. The lowest BCUT2D eigenvalue weighted by molar-refractivity contribution is -0.385. The Bertz CT molecular complexity index is 1230. The monoisotopic (exact) mass is 448 g/mol. The minimum atomic E-state index is -3.99. The summed E-state index contributed by atoms with van der Waals surface area (Å²) < 4.78 is 41.2. The number of nitro groups is 1. The number of carbonyl (C=O) groups is 1. The summed E-state index contributed by atoms with van der Waals surface area (Å²) in [6, 6.07) is 10.1. The van der Waals surface area contributed by atoms with Gasteiger partial charge < -0.3 is 5.32 Å². The Morgan fingerprint density at radius 1 is 1.19 bits per heavy atom. The zero-order valence-corrected chi connectivity index (χ0v) is 17.0. The van der Waals surface area contributed by atoms with Gasteiger partial charge >= 0.3 is 0 Å². The van der Waals surface area contributed by atoms with E-state index in [0.29, 0.717) is 11.5 Å². The standard InChI is InChI=1S/C18H17FN6O5S/c1-12-22-17(23-24(12)14-7-5-13(19)6-8-14)18(26)20-9-10-21-31(29,30)16-4-2-3-15(11-16)25(27)28/h2-8,11,21H,9-10H2,1H3,(H,20,26). The van der Waals surface area contributed by atoms with E-state index in [9.17, 15) is 27.7 Å². The van der Waals surface area contributed by atoms with E-state index >= 15 is 0 Å². The van der Waals surface area contributed by atoms with Crippen LogP contribution in [0.4, 0.5) is 10.1 Å². The SMILES string of the molecule is Cc1nc(C(=O)NCCNS(=O)(=O)c2cccc([N+](=O)[O-])c2)nn1-c1ccc(F)cc1. The zero-order valence-electron chi connectivity index (χ0n) is 16.1. The Morgan fingerprint density at radius 3 is 2.58 bits per heavy atom. The van der Waals surface area contributed by atoms with E-state index in [1.54, 1.807) is 6.92 Å². The number of hydrogen-bond donors (Lipinski definition) is 2. The lowest BCUT2D eigenvalue weighted by Gasteiger charge is -2.07. The predicted octanol–water partition coefficient (Wildman–Crippen LogP) is 1.33. The summed E-state index contributed by atoms with van der Waals surface area (Å²) in [5.41, 5.74) is 0.171. The van der Waals surface area contributed by atoms with Gasteiger partial charge in [0.15, 0.2) is 0 Å². The van der Waals surface area contributed by atoms with Gasteiger partial charge in [-0.15, -0.1) is 5.10 Å². The quantitative estimate of drug-likeness (QED) is 0.300. The van der Waals surface area contributed by atoms with Crippen molar-refractivity contribution in [3.8, 4) is 5.69 Å². The summed E-state index contributed by atoms with van der Waals surface area (Å²) in [6.45, 7) is 1.39. The van der Waals surface area contributed by atoms with Crippen LogP contribution in [0.15, 0.2) is 53.4 Å². The van der Waals surface area contributed by atoms with Crippen LogP contribution in [-0.4, -0.2) is 47.1 Å². The fourth-order valence-corrected chi connectivity index (χ4v) is 3.67. The van der Waals surface area contributed by atoms with Crippen molar-refractivity contribution in [1.82, 2.24) is 24.8 Å². The maximum Gasteiger partial charge on any atom is 0.291 e. The molecule has 0 aliphatic rings. The van der Waals surface area contributed by atoms with E-state index in [4.69, 9.17) is 0 Å². The molecule has 0 unspecified atom stereocenters. The fourth-order valence-electron chi connectivity index (χ4n) is 2.60. The number of halogens is 1. The molecule has 0 atom stereocenters. The van der Waals surface area contributed by atoms with Crippen molar-refractivity contribution in [2.24, 2.45) is 0 Å². The molecule has 0 saturated carbocycles. The van der Waals surface area contributed by atoms with E-state index in [1.807, 2.05) is 0 Å². The predicted molar refractivity (Wildman–Crippen MR) is 107 cm³/mol. The van der Waals surface area contributed by atoms with Crippen molar-refractivity contribution in [1.29, 1.82) is 0 Å². The Kier molecular flexibility index (Phi) is 6.36. The van der Waals surface area contributed by atoms with Crippen LogP contribution in [0.25, 0.3) is 5.69 Å². The highest BCUT2D eigenvalue weighted by Gasteiger charge is 2.18. The lowest BCUT2D eigenvalue weighted by atomic mass is 10.3. The van der Waals surface area contributed by atoms with Gasteiger partial charge in [0.1, 0.15) is 11.6 Å². The molecule has 162 valence electrons. The van der Waals surface area contributed by atoms with Gasteiger partial charge in [0, 0.05) is 25.2 Å². The first-order valence-electron chi connectivity index (χ1n) is 8.89. The molecule has 11 nitrogen and oxygen atoms in total. The highest BCUT2D eigenvalue weighted by molar-refractivity contribution is 7.89. The number of nitrogens with one attached hydrogen (secondary N) is 2. The molecule has 0 radical (unpaired) electrons. The number of amides is 1. The van der Waals surface area contributed by atoms with Crippen LogP contribution in [0.2, 0.25) is 0 Å². The van der Waals surface area contributed by atoms with Gasteiger partial charge in [-0.25, -0.2) is 27.2 Å². The second-order valence-corrected chi connectivity index (χ2v) is 8.05. The fraction of sp³-hybridized carbons (Fsp3) is 0.167. The molecular formula is C18H17FN6O5S. The average Bonchev–Trinajstić information content (AvgIpc) is 3.13. The number of hydrogen-bond acceptors (Lipinski definition) is 7. The van der Waals surface area contributed by atoms with Crippen molar-refractivity contribution in [2.45, 2.75) is 11.8 Å². The smallest absolute Gasteiger partial charge is 0.291 e. The highest BCUT2D eigenvalue weighted by Crippen LogP contribution is 2.17. The third kappa shape index (κ3) is 5.26. The Labute approximate surface area is 176 Å². The van der Waals surface area contributed by atoms with Crippen LogP contribution < -0.4 is 10.0 Å². The molecular weight excluding hydrogens is 431 g/mol. The number of aromatic nitrogens is 3. The molecule has 1 heterocycles. The molecule has 0 spiro atoms. The topological polar surface area (TPSA) is 149 Å². The van der Waals surface area contributed by atoms with Crippen LogP contribution in [0.5, 0.6) is 0 Å². The van der Waals surface area contributed by atoms with E-state index in [0.717, 1.165) is 6.07 Å². The summed E-state index contributed by atoms with van der Waals surface area (Å²) in [7, 11) is -3.99. The second kappa shape index (κ2) is 8.97. The number of sulfonamides is 1. The third-order valence-electron chi connectivity index (χ3n) is 4.08. The average molecular weight is 448 g/mol. The normalized spacial score (nSPS) is 11.3. The van der Waals surface area contributed by atoms with E-state index < -0.39 is 26.7 Å². The second-order valence-electron chi connectivity index (χ2n) is 6.28. The number of aryl methyl sites for hydroxylation is 1. The number of rotatable bonds is 8. The molecule has 3 aromatic rings. The Hall–Kier alpha value is -3.71. The summed E-state index contributed by atoms with van der Waals surface area (Å²) in [4.78, 5) is 26.1. The van der Waals surface area contributed by atoms with Gasteiger partial charge in [-0.2, -0.15) is 0 Å². The van der Waals surface area contributed by atoms with Crippen LogP contribution >= 0.6 is 0 Å². The molecule has 2 N–H and O–H groups in total. The third-order valence-corrected chi connectivity index (χ3v) is 5.54. The van der Waals surface area contributed by atoms with E-state index in [2.05, 4.69) is 20.1 Å². The first-order chi connectivity index (χ1) is 14.7. The van der Waals surface area contributed by atoms with E-state index in [1.165, 1.54) is 47.1 Å². The van der Waals surface area contributed by atoms with Crippen LogP contribution in [0, 0.1) is 22.9 Å². The van der Waals surface area contributed by atoms with Gasteiger partial charge in [0.25, 0.3) is 11.6 Å². The Balaban J connectivity index is 1.58. The molecule has 0 aliphatic carbocycles. The lowest BCUT2D eigenvalue weighted by Crippen LogP contribution is -2.35. The Morgan fingerprint density at radius 2 is 1.90 bits per heavy atom. The van der Waals surface area contributed by atoms with Crippen molar-refractivity contribution >= 4 is 21.6 Å². The van der Waals surface area contributed by atoms with Crippen molar-refractivity contribution in [2.75, 3.05) is 13.1 Å². The highest BCUT2D eigenvalue weighted by atomic mass is 32.2. The first kappa shape index (κ1) is 22.0. The summed E-state index contributed by atoms with van der Waals surface area (Å²) >= 11 is 0. The maximum absolute atomic E-state index is 13.1. The number of carbonyl (C=O) groups excluding carboxylic acids is 1. The molecule has 0 aliphatic heterocycles. The minimum absolute atomic E-state index is 0.0723. The van der Waals surface area contributed by atoms with Crippen LogP contribution in [0.3, 0.4) is 0 Å². The summed E-state index contributed by atoms with van der Waals surface area (Å²) in [5.74, 6) is -0.767. The summed E-state index contributed by atoms with van der Waals surface area (Å²) in [6.07, 6.45) is 0. The number of nitrogens with zero attached hydrogens (tertiary/aromatic N) is 4. The van der Waals surface area contributed by atoms with Crippen molar-refractivity contribution < 1.29 is 22.5 Å². The molecule has 31 heavy (non-hydrogen) atoms. The van der Waals surface area contributed by atoms with Crippen molar-refractivity contribution in [3.63, 3.8) is 0 Å². The van der Waals surface area contributed by atoms with E-state index in [-0.39, 0.29) is 29.5 Å². The molecule has 0 bridgehead atoms. The molecule has 0 saturated heterocycles. The van der Waals surface area contributed by atoms with Gasteiger partial charge in [-0.1, -0.05) is 6.07 Å². The van der Waals surface area contributed by atoms with Gasteiger partial charge in [-0.3, -0.25) is 14.9 Å². The van der Waals surface area contributed by atoms with Crippen LogP contribution in [-0.2, 0) is 10.0 Å². The minimum Gasteiger partial charge on any atom is -0.348 e. The van der Waals surface area contributed by atoms with Gasteiger partial charge in [0.05, 0.1) is 15.5 Å². The zero-order chi connectivity index (χ0) is 22.6. The molecule has 1 aromatic heterocycles. The molecule has 13 heteroatoms. The van der Waals surface area contributed by atoms with Gasteiger partial charge in [0.2, 0.25) is 15.8 Å². The first-order valence-corrected chi connectivity index (χ1v) is 10.4. The molecule has 1 amide bonds. The number of nitro benzene ring substituents is 1. The van der Waals surface area contributed by atoms with Crippen LogP contribution in [0.1, 0.15) is 16.4 Å². The molecule has 2 aromatic carbocycles.